The molecule has 0 bridgehead atoms. The van der Waals surface area contributed by atoms with Crippen molar-refractivity contribution in [2.24, 2.45) is 10.5 Å². The Kier molecular flexibility index (Phi) is 4.83. The van der Waals surface area contributed by atoms with E-state index in [0.29, 0.717) is 24.5 Å². The highest BCUT2D eigenvalue weighted by atomic mass is 35.5. The maximum absolute atomic E-state index is 12.1. The summed E-state index contributed by atoms with van der Waals surface area (Å²) >= 11 is 12.0. The number of nitrogens with one attached hydrogen (secondary N) is 1. The van der Waals surface area contributed by atoms with Crippen molar-refractivity contribution in [2.75, 3.05) is 6.61 Å². The first-order valence-electron chi connectivity index (χ1n) is 6.87. The van der Waals surface area contributed by atoms with Gasteiger partial charge in [-0.05, 0) is 32.4 Å². The van der Waals surface area contributed by atoms with Crippen LogP contribution < -0.4 is 10.2 Å². The van der Waals surface area contributed by atoms with Crippen LogP contribution in [0.3, 0.4) is 0 Å². The Labute approximate surface area is 140 Å². The topological polar surface area (TPSA) is 50.7 Å². The monoisotopic (exact) mass is 340 g/mol. The van der Waals surface area contributed by atoms with Gasteiger partial charge in [-0.1, -0.05) is 24.8 Å². The second-order valence-corrected chi connectivity index (χ2v) is 6.96. The van der Waals surface area contributed by atoms with Gasteiger partial charge in [0.25, 0.3) is 0 Å². The minimum atomic E-state index is -1.00. The molecule has 0 heterocycles. The van der Waals surface area contributed by atoms with Gasteiger partial charge in [-0.15, -0.1) is 23.2 Å². The third-order valence-corrected chi connectivity index (χ3v) is 4.81. The van der Waals surface area contributed by atoms with E-state index in [1.54, 1.807) is 19.9 Å². The molecule has 22 heavy (non-hydrogen) atoms. The molecule has 0 radical (unpaired) electrons. The SMILES string of the molecule is C=CCOc1cccc(/C(C)=N/NC(=O)C2(C)CC2(Cl)Cl)c1. The van der Waals surface area contributed by atoms with Crippen LogP contribution in [-0.4, -0.2) is 22.6 Å². The zero-order valence-corrected chi connectivity index (χ0v) is 14.0. The molecule has 2 rings (SSSR count). The summed E-state index contributed by atoms with van der Waals surface area (Å²) in [5.74, 6) is 0.434. The van der Waals surface area contributed by atoms with Crippen LogP contribution in [0.25, 0.3) is 0 Å². The second kappa shape index (κ2) is 6.31. The van der Waals surface area contributed by atoms with Crippen LogP contribution >= 0.6 is 23.2 Å². The zero-order chi connectivity index (χ0) is 16.4. The first-order valence-corrected chi connectivity index (χ1v) is 7.62. The molecule has 1 N–H and O–H groups in total. The maximum atomic E-state index is 12.1. The number of carbonyl (C=O) groups excluding carboxylic acids is 1. The normalized spacial score (nSPS) is 22.8. The predicted octanol–water partition coefficient (Wildman–Crippen LogP) is 3.68. The second-order valence-electron chi connectivity index (χ2n) is 5.48. The van der Waals surface area contributed by atoms with Crippen molar-refractivity contribution in [3.63, 3.8) is 0 Å². The number of amides is 1. The van der Waals surface area contributed by atoms with E-state index in [-0.39, 0.29) is 5.91 Å². The van der Waals surface area contributed by atoms with Gasteiger partial charge >= 0.3 is 0 Å². The van der Waals surface area contributed by atoms with Crippen LogP contribution in [0.5, 0.6) is 5.75 Å². The van der Waals surface area contributed by atoms with Crippen molar-refractivity contribution in [3.8, 4) is 5.75 Å². The summed E-state index contributed by atoms with van der Waals surface area (Å²) in [7, 11) is 0. The Morgan fingerprint density at radius 2 is 2.23 bits per heavy atom. The first-order chi connectivity index (χ1) is 10.3. The molecule has 1 aliphatic rings. The number of hydrazone groups is 1. The molecule has 0 aromatic heterocycles. The Hall–Kier alpha value is -1.52. The number of nitrogens with zero attached hydrogens (tertiary/aromatic N) is 1. The van der Waals surface area contributed by atoms with Gasteiger partial charge in [-0.25, -0.2) is 5.43 Å². The molecule has 6 heteroatoms. The third kappa shape index (κ3) is 3.45. The summed E-state index contributed by atoms with van der Waals surface area (Å²) in [4.78, 5) is 12.1. The molecule has 1 fully saturated rings. The van der Waals surface area contributed by atoms with Crippen molar-refractivity contribution < 1.29 is 9.53 Å². The lowest BCUT2D eigenvalue weighted by atomic mass is 10.1. The molecule has 0 aliphatic heterocycles. The van der Waals surface area contributed by atoms with Crippen LogP contribution in [0.2, 0.25) is 0 Å². The van der Waals surface area contributed by atoms with E-state index >= 15 is 0 Å². The molecule has 0 saturated heterocycles. The standard InChI is InChI=1S/C16H18Cl2N2O2/c1-4-8-22-13-7-5-6-12(9-13)11(2)19-20-14(21)15(3)10-16(15,17)18/h4-7,9H,1,8,10H2,2-3H3,(H,20,21)/b19-11+. The van der Waals surface area contributed by atoms with Gasteiger partial charge in [-0.2, -0.15) is 5.10 Å². The number of carbonyl (C=O) groups is 1. The van der Waals surface area contributed by atoms with E-state index < -0.39 is 9.75 Å². The van der Waals surface area contributed by atoms with Crippen molar-refractivity contribution in [3.05, 3.63) is 42.5 Å². The number of benzene rings is 1. The number of hydrogen-bond acceptors (Lipinski definition) is 3. The summed E-state index contributed by atoms with van der Waals surface area (Å²) in [6.45, 7) is 7.56. The van der Waals surface area contributed by atoms with Gasteiger partial charge in [0, 0.05) is 5.56 Å². The van der Waals surface area contributed by atoms with Crippen LogP contribution in [0.15, 0.2) is 42.0 Å². The summed E-state index contributed by atoms with van der Waals surface area (Å²) < 4.78 is 4.47. The molecule has 1 saturated carbocycles. The Morgan fingerprint density at radius 3 is 2.82 bits per heavy atom. The maximum Gasteiger partial charge on any atom is 0.249 e. The largest absolute Gasteiger partial charge is 0.490 e. The molecule has 1 atom stereocenters. The highest BCUT2D eigenvalue weighted by Gasteiger charge is 2.68. The molecule has 4 nitrogen and oxygen atoms in total. The summed E-state index contributed by atoms with van der Waals surface area (Å²) in [6.07, 6.45) is 2.10. The van der Waals surface area contributed by atoms with E-state index in [9.17, 15) is 4.79 Å². The van der Waals surface area contributed by atoms with E-state index in [4.69, 9.17) is 27.9 Å². The van der Waals surface area contributed by atoms with Crippen molar-refractivity contribution in [1.29, 1.82) is 0 Å². The molecular weight excluding hydrogens is 323 g/mol. The summed E-state index contributed by atoms with van der Waals surface area (Å²) in [5.41, 5.74) is 3.26. The van der Waals surface area contributed by atoms with Gasteiger partial charge in [-0.3, -0.25) is 4.79 Å². The minimum Gasteiger partial charge on any atom is -0.490 e. The molecule has 1 aromatic carbocycles. The lowest BCUT2D eigenvalue weighted by Gasteiger charge is -2.10. The predicted molar refractivity (Wildman–Crippen MR) is 89.6 cm³/mol. The Morgan fingerprint density at radius 1 is 1.55 bits per heavy atom. The van der Waals surface area contributed by atoms with E-state index in [0.717, 1.165) is 5.56 Å². The van der Waals surface area contributed by atoms with Crippen LogP contribution in [0.1, 0.15) is 25.8 Å². The van der Waals surface area contributed by atoms with Crippen molar-refractivity contribution in [1.82, 2.24) is 5.43 Å². The minimum absolute atomic E-state index is 0.282. The summed E-state index contributed by atoms with van der Waals surface area (Å²) in [5, 5.41) is 4.11. The average Bonchev–Trinajstić information content (AvgIpc) is 3.02. The number of halogens is 2. The van der Waals surface area contributed by atoms with Gasteiger partial charge in [0.05, 0.1) is 11.1 Å². The van der Waals surface area contributed by atoms with Gasteiger partial charge in [0.2, 0.25) is 5.91 Å². The molecule has 1 amide bonds. The zero-order valence-electron chi connectivity index (χ0n) is 12.5. The van der Waals surface area contributed by atoms with Gasteiger partial charge in [0.15, 0.2) is 0 Å². The van der Waals surface area contributed by atoms with Crippen LogP contribution in [0, 0.1) is 5.41 Å². The summed E-state index contributed by atoms with van der Waals surface area (Å²) in [6, 6.07) is 7.44. The first kappa shape index (κ1) is 16.8. The van der Waals surface area contributed by atoms with Crippen molar-refractivity contribution >= 4 is 34.8 Å². The fourth-order valence-corrected chi connectivity index (χ4v) is 2.64. The lowest BCUT2D eigenvalue weighted by Crippen LogP contribution is -2.30. The highest BCUT2D eigenvalue weighted by molar-refractivity contribution is 6.53. The van der Waals surface area contributed by atoms with Crippen LogP contribution in [-0.2, 0) is 4.79 Å². The number of alkyl halides is 2. The number of rotatable bonds is 6. The van der Waals surface area contributed by atoms with Crippen LogP contribution in [0.4, 0.5) is 0 Å². The smallest absolute Gasteiger partial charge is 0.249 e. The Bertz CT molecular complexity index is 628. The highest BCUT2D eigenvalue weighted by Crippen LogP contribution is 2.63. The fraction of sp³-hybridized carbons (Fsp3) is 0.375. The molecular formula is C16H18Cl2N2O2. The van der Waals surface area contributed by atoms with E-state index in [1.807, 2.05) is 24.3 Å². The van der Waals surface area contributed by atoms with E-state index in [2.05, 4.69) is 17.1 Å². The lowest BCUT2D eigenvalue weighted by molar-refractivity contribution is -0.125. The third-order valence-electron chi connectivity index (χ3n) is 3.70. The Balaban J connectivity index is 2.03. The number of hydrogen-bond donors (Lipinski definition) is 1. The quantitative estimate of drug-likeness (QED) is 0.371. The molecule has 1 aliphatic carbocycles. The molecule has 0 spiro atoms. The van der Waals surface area contributed by atoms with Gasteiger partial charge in [0.1, 0.15) is 16.7 Å². The molecule has 118 valence electrons. The fourth-order valence-electron chi connectivity index (χ4n) is 1.93. The number of ether oxygens (including phenoxy) is 1. The average molecular weight is 341 g/mol. The van der Waals surface area contributed by atoms with Gasteiger partial charge < -0.3 is 4.74 Å². The van der Waals surface area contributed by atoms with E-state index in [1.165, 1.54) is 0 Å². The molecule has 1 unspecified atom stereocenters. The van der Waals surface area contributed by atoms with Crippen molar-refractivity contribution in [2.45, 2.75) is 24.6 Å². The molecule has 1 aromatic rings.